The van der Waals surface area contributed by atoms with Crippen molar-refractivity contribution >= 4 is 0 Å². The summed E-state index contributed by atoms with van der Waals surface area (Å²) in [4.78, 5) is 0. The van der Waals surface area contributed by atoms with Crippen LogP contribution >= 0.6 is 0 Å². The Morgan fingerprint density at radius 1 is 1.43 bits per heavy atom. The van der Waals surface area contributed by atoms with E-state index in [1.54, 1.807) is 0 Å². The van der Waals surface area contributed by atoms with Crippen molar-refractivity contribution in [3.63, 3.8) is 0 Å². The van der Waals surface area contributed by atoms with Crippen LogP contribution in [0.3, 0.4) is 0 Å². The molecule has 2 atom stereocenters. The van der Waals surface area contributed by atoms with E-state index in [1.165, 1.54) is 11.1 Å². The summed E-state index contributed by atoms with van der Waals surface area (Å²) < 4.78 is 5.91. The van der Waals surface area contributed by atoms with Crippen LogP contribution in [0.2, 0.25) is 0 Å². The van der Waals surface area contributed by atoms with E-state index in [2.05, 4.69) is 36.5 Å². The number of benzene rings is 1. The van der Waals surface area contributed by atoms with Gasteiger partial charge in [-0.3, -0.25) is 0 Å². The summed E-state index contributed by atoms with van der Waals surface area (Å²) in [5.74, 6) is 0. The highest BCUT2D eigenvalue weighted by molar-refractivity contribution is 5.39. The average Bonchev–Trinajstić information content (AvgIpc) is 2.49. The molecule has 1 heterocycles. The molecule has 1 aromatic carbocycles. The van der Waals surface area contributed by atoms with Crippen molar-refractivity contribution in [2.75, 3.05) is 13.2 Å². The zero-order valence-electron chi connectivity index (χ0n) is 8.42. The Labute approximate surface area is 84.3 Å². The molecule has 1 fully saturated rings. The molecule has 0 aromatic heterocycles. The average molecular weight is 189 g/mol. The molecule has 0 bridgehead atoms. The lowest BCUT2D eigenvalue weighted by atomic mass is 9.96. The number of fused-ring (bicyclic) bond motifs is 3. The first-order chi connectivity index (χ1) is 6.80. The molecule has 0 spiro atoms. The molecule has 2 nitrogen and oxygen atoms in total. The van der Waals surface area contributed by atoms with Gasteiger partial charge in [-0.2, -0.15) is 0 Å². The van der Waals surface area contributed by atoms with Gasteiger partial charge < -0.3 is 10.1 Å². The fourth-order valence-electron chi connectivity index (χ4n) is 2.73. The Balaban J connectivity index is 2.07. The molecule has 0 unspecified atom stereocenters. The maximum absolute atomic E-state index is 5.91. The number of rotatable bonds is 0. The third-order valence-electron chi connectivity index (χ3n) is 3.40. The first-order valence-electron chi connectivity index (χ1n) is 5.25. The Morgan fingerprint density at radius 2 is 2.29 bits per heavy atom. The molecule has 2 heteroatoms. The van der Waals surface area contributed by atoms with Gasteiger partial charge in [0, 0.05) is 13.0 Å². The molecule has 1 aliphatic heterocycles. The third-order valence-corrected chi connectivity index (χ3v) is 3.40. The van der Waals surface area contributed by atoms with Gasteiger partial charge >= 0.3 is 0 Å². The monoisotopic (exact) mass is 189 g/mol. The minimum Gasteiger partial charge on any atom is -0.372 e. The third kappa shape index (κ3) is 1.04. The van der Waals surface area contributed by atoms with Gasteiger partial charge in [0.25, 0.3) is 0 Å². The summed E-state index contributed by atoms with van der Waals surface area (Å²) in [6.07, 6.45) is 1.04. The SMILES string of the molecule is C[C@]12Cc3ccccc3[C@H]1NCCO2. The lowest BCUT2D eigenvalue weighted by Crippen LogP contribution is -2.48. The van der Waals surface area contributed by atoms with Crippen LogP contribution in [0, 0.1) is 0 Å². The van der Waals surface area contributed by atoms with Crippen molar-refractivity contribution in [2.24, 2.45) is 0 Å². The van der Waals surface area contributed by atoms with Crippen molar-refractivity contribution in [3.05, 3.63) is 35.4 Å². The Hall–Kier alpha value is -0.860. The largest absolute Gasteiger partial charge is 0.372 e. The first-order valence-corrected chi connectivity index (χ1v) is 5.25. The molecular weight excluding hydrogens is 174 g/mol. The van der Waals surface area contributed by atoms with Crippen LogP contribution in [0.25, 0.3) is 0 Å². The number of morpholine rings is 1. The number of hydrogen-bond acceptors (Lipinski definition) is 2. The lowest BCUT2D eigenvalue weighted by Gasteiger charge is -2.37. The van der Waals surface area contributed by atoms with Gasteiger partial charge in [0.15, 0.2) is 0 Å². The highest BCUT2D eigenvalue weighted by Crippen LogP contribution is 2.42. The van der Waals surface area contributed by atoms with E-state index in [0.717, 1.165) is 19.6 Å². The van der Waals surface area contributed by atoms with E-state index in [1.807, 2.05) is 0 Å². The van der Waals surface area contributed by atoms with Crippen LogP contribution in [0.1, 0.15) is 24.1 Å². The van der Waals surface area contributed by atoms with E-state index in [-0.39, 0.29) is 5.60 Å². The maximum Gasteiger partial charge on any atom is 0.0889 e. The van der Waals surface area contributed by atoms with Gasteiger partial charge in [0.2, 0.25) is 0 Å². The predicted octanol–water partition coefficient (Wildman–Crippen LogP) is 1.66. The highest BCUT2D eigenvalue weighted by Gasteiger charge is 2.44. The molecule has 1 N–H and O–H groups in total. The zero-order valence-corrected chi connectivity index (χ0v) is 8.42. The van der Waals surface area contributed by atoms with Gasteiger partial charge in [0.05, 0.1) is 18.2 Å². The van der Waals surface area contributed by atoms with Crippen molar-refractivity contribution in [2.45, 2.75) is 25.0 Å². The van der Waals surface area contributed by atoms with E-state index < -0.39 is 0 Å². The van der Waals surface area contributed by atoms with E-state index in [0.29, 0.717) is 6.04 Å². The van der Waals surface area contributed by atoms with Crippen molar-refractivity contribution in [1.82, 2.24) is 5.32 Å². The van der Waals surface area contributed by atoms with Gasteiger partial charge in [0.1, 0.15) is 0 Å². The fraction of sp³-hybridized carbons (Fsp3) is 0.500. The van der Waals surface area contributed by atoms with E-state index in [9.17, 15) is 0 Å². The summed E-state index contributed by atoms with van der Waals surface area (Å²) in [5, 5.41) is 3.55. The summed E-state index contributed by atoms with van der Waals surface area (Å²) >= 11 is 0. The molecule has 0 saturated carbocycles. The molecule has 74 valence electrons. The Bertz CT molecular complexity index is 363. The molecule has 0 radical (unpaired) electrons. The van der Waals surface area contributed by atoms with Crippen LogP contribution in [0.15, 0.2) is 24.3 Å². The van der Waals surface area contributed by atoms with Crippen LogP contribution in [0.5, 0.6) is 0 Å². The lowest BCUT2D eigenvalue weighted by molar-refractivity contribution is -0.0759. The zero-order chi connectivity index (χ0) is 9.60. The summed E-state index contributed by atoms with van der Waals surface area (Å²) in [6, 6.07) is 9.05. The second kappa shape index (κ2) is 2.81. The summed E-state index contributed by atoms with van der Waals surface area (Å²) in [6.45, 7) is 4.01. The highest BCUT2D eigenvalue weighted by atomic mass is 16.5. The van der Waals surface area contributed by atoms with Crippen LogP contribution in [0.4, 0.5) is 0 Å². The number of nitrogens with one attached hydrogen (secondary N) is 1. The minimum atomic E-state index is -0.0120. The quantitative estimate of drug-likeness (QED) is 0.670. The molecular formula is C12H15NO. The van der Waals surface area contributed by atoms with Crippen molar-refractivity contribution < 1.29 is 4.74 Å². The second-order valence-corrected chi connectivity index (χ2v) is 4.42. The second-order valence-electron chi connectivity index (χ2n) is 4.42. The smallest absolute Gasteiger partial charge is 0.0889 e. The van der Waals surface area contributed by atoms with Gasteiger partial charge in [-0.25, -0.2) is 0 Å². The summed E-state index contributed by atoms with van der Waals surface area (Å²) in [5.41, 5.74) is 2.85. The van der Waals surface area contributed by atoms with Crippen molar-refractivity contribution in [3.8, 4) is 0 Å². The fourth-order valence-corrected chi connectivity index (χ4v) is 2.73. The maximum atomic E-state index is 5.91. The normalized spacial score (nSPS) is 35.1. The van der Waals surface area contributed by atoms with E-state index in [4.69, 9.17) is 4.74 Å². The minimum absolute atomic E-state index is 0.0120. The standard InChI is InChI=1S/C12H15NO/c1-12-8-9-4-2-3-5-10(9)11(12)13-6-7-14-12/h2-5,11,13H,6-8H2,1H3/t11-,12+/m1/s1. The molecule has 1 aromatic rings. The molecule has 14 heavy (non-hydrogen) atoms. The molecule has 2 aliphatic rings. The first kappa shape index (κ1) is 8.45. The molecule has 0 amide bonds. The topological polar surface area (TPSA) is 21.3 Å². The Kier molecular flexibility index (Phi) is 1.70. The summed E-state index contributed by atoms with van der Waals surface area (Å²) in [7, 11) is 0. The van der Waals surface area contributed by atoms with Crippen LogP contribution in [-0.2, 0) is 11.2 Å². The predicted molar refractivity (Wildman–Crippen MR) is 55.2 cm³/mol. The van der Waals surface area contributed by atoms with Gasteiger partial charge in [-0.1, -0.05) is 24.3 Å². The molecule has 1 aliphatic carbocycles. The van der Waals surface area contributed by atoms with Crippen molar-refractivity contribution in [1.29, 1.82) is 0 Å². The molecule has 3 rings (SSSR count). The number of ether oxygens (including phenoxy) is 1. The molecule has 1 saturated heterocycles. The van der Waals surface area contributed by atoms with Crippen LogP contribution in [-0.4, -0.2) is 18.8 Å². The van der Waals surface area contributed by atoms with Gasteiger partial charge in [-0.05, 0) is 18.1 Å². The Morgan fingerprint density at radius 3 is 3.21 bits per heavy atom. The van der Waals surface area contributed by atoms with Crippen LogP contribution < -0.4 is 5.32 Å². The van der Waals surface area contributed by atoms with E-state index >= 15 is 0 Å². The van der Waals surface area contributed by atoms with Gasteiger partial charge in [-0.15, -0.1) is 0 Å². The number of hydrogen-bond donors (Lipinski definition) is 1.